The Balaban J connectivity index is 1.15. The quantitative estimate of drug-likeness (QED) is 0.165. The molecular formula is C52H41NO. The Morgan fingerprint density at radius 2 is 0.981 bits per heavy atom. The molecule has 0 aliphatic heterocycles. The van der Waals surface area contributed by atoms with Crippen LogP contribution in [-0.2, 0) is 0 Å². The maximum atomic E-state index is 6.46. The zero-order valence-electron chi connectivity index (χ0n) is 30.3. The van der Waals surface area contributed by atoms with Gasteiger partial charge in [-0.3, -0.25) is 0 Å². The van der Waals surface area contributed by atoms with Crippen LogP contribution in [0.3, 0.4) is 0 Å². The third-order valence-corrected chi connectivity index (χ3v) is 11.5. The van der Waals surface area contributed by atoms with Crippen LogP contribution in [0, 0.1) is 0 Å². The molecule has 0 N–H and O–H groups in total. The number of para-hydroxylation sites is 2. The van der Waals surface area contributed by atoms with Gasteiger partial charge in [-0.2, -0.15) is 0 Å². The molecule has 8 aromatic carbocycles. The Morgan fingerprint density at radius 3 is 1.76 bits per heavy atom. The van der Waals surface area contributed by atoms with Gasteiger partial charge in [-0.15, -0.1) is 0 Å². The van der Waals surface area contributed by atoms with E-state index in [0.29, 0.717) is 5.92 Å². The molecule has 1 heterocycles. The molecule has 1 aliphatic carbocycles. The largest absolute Gasteiger partial charge is 0.456 e. The molecule has 1 aromatic heterocycles. The molecule has 9 aromatic rings. The topological polar surface area (TPSA) is 16.4 Å². The molecule has 0 radical (unpaired) electrons. The predicted molar refractivity (Wildman–Crippen MR) is 228 cm³/mol. The van der Waals surface area contributed by atoms with E-state index in [1.807, 2.05) is 6.07 Å². The van der Waals surface area contributed by atoms with Crippen molar-refractivity contribution in [3.8, 4) is 33.4 Å². The second-order valence-electron chi connectivity index (χ2n) is 14.7. The molecule has 2 nitrogen and oxygen atoms in total. The summed E-state index contributed by atoms with van der Waals surface area (Å²) in [7, 11) is 0. The summed E-state index contributed by atoms with van der Waals surface area (Å²) in [5, 5.41) is 4.93. The first-order valence-electron chi connectivity index (χ1n) is 19.4. The van der Waals surface area contributed by atoms with E-state index in [4.69, 9.17) is 4.42 Å². The van der Waals surface area contributed by atoms with E-state index in [9.17, 15) is 0 Å². The van der Waals surface area contributed by atoms with Gasteiger partial charge in [0.2, 0.25) is 0 Å². The molecule has 0 amide bonds. The second kappa shape index (κ2) is 13.9. The summed E-state index contributed by atoms with van der Waals surface area (Å²) >= 11 is 0. The van der Waals surface area contributed by atoms with Crippen molar-refractivity contribution in [2.24, 2.45) is 0 Å². The van der Waals surface area contributed by atoms with E-state index >= 15 is 0 Å². The van der Waals surface area contributed by atoms with Crippen LogP contribution in [0.2, 0.25) is 0 Å². The van der Waals surface area contributed by atoms with Crippen LogP contribution < -0.4 is 4.90 Å². The fourth-order valence-electron chi connectivity index (χ4n) is 8.88. The number of rotatable bonds is 7. The zero-order valence-corrected chi connectivity index (χ0v) is 30.3. The molecule has 54 heavy (non-hydrogen) atoms. The SMILES string of the molecule is c1ccc(-c2ccc(-c3ccc(N(c4ccccc4-c4cccc5cccc(C6CCCCC6)c45)c4cccc5oc6ccccc6c45)cc3)cc2)cc1. The van der Waals surface area contributed by atoms with Gasteiger partial charge in [0.1, 0.15) is 11.2 Å². The zero-order chi connectivity index (χ0) is 35.8. The van der Waals surface area contributed by atoms with Gasteiger partial charge in [0.25, 0.3) is 0 Å². The molecule has 1 saturated carbocycles. The standard InChI is InChI=1S/C52H41NO/c1-3-14-36(15-4-1)37-28-30-38(31-29-37)39-32-34-42(35-33-39)53(48-25-13-27-50-52(48)46-21-8-10-26-49(46)54-50)47-24-9-7-20-44(47)45-23-12-19-41-18-11-22-43(51(41)45)40-16-5-2-6-17-40/h1,3-4,7-15,18-35,40H,2,5-6,16-17H2. The van der Waals surface area contributed by atoms with Gasteiger partial charge in [0.05, 0.1) is 16.8 Å². The Bertz CT molecular complexity index is 2730. The third kappa shape index (κ3) is 5.76. The van der Waals surface area contributed by atoms with Crippen LogP contribution in [0.15, 0.2) is 186 Å². The van der Waals surface area contributed by atoms with Crippen molar-refractivity contribution in [3.63, 3.8) is 0 Å². The predicted octanol–water partition coefficient (Wildman–Crippen LogP) is 15.3. The fraction of sp³-hybridized carbons (Fsp3) is 0.115. The monoisotopic (exact) mass is 695 g/mol. The summed E-state index contributed by atoms with van der Waals surface area (Å²) in [5.41, 5.74) is 13.9. The number of anilines is 3. The third-order valence-electron chi connectivity index (χ3n) is 11.5. The molecule has 10 rings (SSSR count). The lowest BCUT2D eigenvalue weighted by Gasteiger charge is -2.29. The van der Waals surface area contributed by atoms with Crippen LogP contribution in [0.1, 0.15) is 43.6 Å². The smallest absolute Gasteiger partial charge is 0.137 e. The molecular weight excluding hydrogens is 655 g/mol. The Morgan fingerprint density at radius 1 is 0.407 bits per heavy atom. The Hall–Kier alpha value is -6.38. The summed E-state index contributed by atoms with van der Waals surface area (Å²) < 4.78 is 6.46. The summed E-state index contributed by atoms with van der Waals surface area (Å²) in [6.45, 7) is 0. The van der Waals surface area contributed by atoms with E-state index < -0.39 is 0 Å². The molecule has 0 unspecified atom stereocenters. The lowest BCUT2D eigenvalue weighted by molar-refractivity contribution is 0.445. The van der Waals surface area contributed by atoms with E-state index in [1.54, 1.807) is 0 Å². The highest BCUT2D eigenvalue weighted by molar-refractivity contribution is 6.14. The maximum Gasteiger partial charge on any atom is 0.137 e. The lowest BCUT2D eigenvalue weighted by Crippen LogP contribution is -2.12. The molecule has 260 valence electrons. The van der Waals surface area contributed by atoms with Crippen molar-refractivity contribution in [1.82, 2.24) is 0 Å². The van der Waals surface area contributed by atoms with Gasteiger partial charge in [0.15, 0.2) is 0 Å². The van der Waals surface area contributed by atoms with Gasteiger partial charge in [-0.05, 0) is 99.3 Å². The minimum atomic E-state index is 0.590. The Labute approximate surface area is 316 Å². The molecule has 1 aliphatic rings. The second-order valence-corrected chi connectivity index (χ2v) is 14.7. The molecule has 2 heteroatoms. The van der Waals surface area contributed by atoms with Crippen molar-refractivity contribution in [1.29, 1.82) is 0 Å². The van der Waals surface area contributed by atoms with Crippen molar-refractivity contribution in [3.05, 3.63) is 188 Å². The van der Waals surface area contributed by atoms with E-state index in [-0.39, 0.29) is 0 Å². The van der Waals surface area contributed by atoms with Gasteiger partial charge < -0.3 is 9.32 Å². The van der Waals surface area contributed by atoms with Crippen LogP contribution >= 0.6 is 0 Å². The van der Waals surface area contributed by atoms with Crippen LogP contribution in [-0.4, -0.2) is 0 Å². The summed E-state index contributed by atoms with van der Waals surface area (Å²) in [4.78, 5) is 2.45. The first-order chi connectivity index (χ1) is 26.8. The highest BCUT2D eigenvalue weighted by Gasteiger charge is 2.24. The molecule has 0 bridgehead atoms. The van der Waals surface area contributed by atoms with Gasteiger partial charge >= 0.3 is 0 Å². The van der Waals surface area contributed by atoms with Crippen molar-refractivity contribution >= 4 is 49.8 Å². The first kappa shape index (κ1) is 32.3. The van der Waals surface area contributed by atoms with E-state index in [0.717, 1.165) is 39.0 Å². The normalized spacial score (nSPS) is 13.5. The minimum absolute atomic E-state index is 0.590. The molecule has 0 saturated heterocycles. The minimum Gasteiger partial charge on any atom is -0.456 e. The molecule has 0 spiro atoms. The first-order valence-corrected chi connectivity index (χ1v) is 19.4. The van der Waals surface area contributed by atoms with Crippen LogP contribution in [0.4, 0.5) is 17.1 Å². The van der Waals surface area contributed by atoms with Gasteiger partial charge in [0, 0.05) is 16.6 Å². The Kier molecular flexibility index (Phi) is 8.30. The van der Waals surface area contributed by atoms with Crippen molar-refractivity contribution in [2.75, 3.05) is 4.90 Å². The highest BCUT2D eigenvalue weighted by atomic mass is 16.3. The number of benzene rings is 8. The maximum absolute atomic E-state index is 6.46. The molecule has 0 atom stereocenters. The van der Waals surface area contributed by atoms with E-state index in [2.05, 4.69) is 181 Å². The fourth-order valence-corrected chi connectivity index (χ4v) is 8.88. The van der Waals surface area contributed by atoms with E-state index in [1.165, 1.54) is 81.8 Å². The molecule has 1 fully saturated rings. The highest BCUT2D eigenvalue weighted by Crippen LogP contribution is 2.48. The van der Waals surface area contributed by atoms with Crippen molar-refractivity contribution < 1.29 is 4.42 Å². The van der Waals surface area contributed by atoms with Crippen LogP contribution in [0.5, 0.6) is 0 Å². The lowest BCUT2D eigenvalue weighted by atomic mass is 9.80. The average molecular weight is 696 g/mol. The van der Waals surface area contributed by atoms with Gasteiger partial charge in [-0.1, -0.05) is 165 Å². The summed E-state index contributed by atoms with van der Waals surface area (Å²) in [6.07, 6.45) is 6.49. The van der Waals surface area contributed by atoms with Crippen molar-refractivity contribution in [2.45, 2.75) is 38.0 Å². The number of hydrogen-bond donors (Lipinski definition) is 0. The number of hydrogen-bond acceptors (Lipinski definition) is 2. The number of nitrogens with zero attached hydrogens (tertiary/aromatic N) is 1. The average Bonchev–Trinajstić information content (AvgIpc) is 3.64. The van der Waals surface area contributed by atoms with Gasteiger partial charge in [-0.25, -0.2) is 0 Å². The number of furan rings is 1. The summed E-state index contributed by atoms with van der Waals surface area (Å²) in [5.74, 6) is 0.590. The van der Waals surface area contributed by atoms with Crippen LogP contribution in [0.25, 0.3) is 66.1 Å². The summed E-state index contributed by atoms with van der Waals surface area (Å²) in [6, 6.07) is 66.1. The number of fused-ring (bicyclic) bond motifs is 4.